The van der Waals surface area contributed by atoms with Crippen LogP contribution < -0.4 is 5.32 Å². The molecule has 1 fully saturated rings. The van der Waals surface area contributed by atoms with Crippen LogP contribution >= 0.6 is 23.2 Å². The average molecular weight is 353 g/mol. The highest BCUT2D eigenvalue weighted by Gasteiger charge is 2.23. The Bertz CT molecular complexity index is 667. The molecule has 0 unspecified atom stereocenters. The van der Waals surface area contributed by atoms with Crippen molar-refractivity contribution in [3.8, 4) is 0 Å². The van der Waals surface area contributed by atoms with E-state index in [2.05, 4.69) is 10.4 Å². The van der Waals surface area contributed by atoms with Crippen LogP contribution in [-0.2, 0) is 6.54 Å². The first-order valence-electron chi connectivity index (χ1n) is 7.60. The number of benzene rings is 1. The number of piperidine rings is 1. The van der Waals surface area contributed by atoms with Crippen molar-refractivity contribution in [3.63, 3.8) is 0 Å². The first kappa shape index (κ1) is 16.1. The Morgan fingerprint density at radius 1 is 1.26 bits per heavy atom. The third-order valence-electron chi connectivity index (χ3n) is 4.08. The zero-order valence-electron chi connectivity index (χ0n) is 12.6. The molecule has 5 nitrogen and oxygen atoms in total. The van der Waals surface area contributed by atoms with Crippen LogP contribution in [0.3, 0.4) is 0 Å². The van der Waals surface area contributed by atoms with Gasteiger partial charge in [-0.2, -0.15) is 5.10 Å². The minimum atomic E-state index is -0.0964. The Morgan fingerprint density at radius 2 is 2.04 bits per heavy atom. The van der Waals surface area contributed by atoms with Gasteiger partial charge in [0.05, 0.1) is 10.0 Å². The van der Waals surface area contributed by atoms with Gasteiger partial charge in [0.1, 0.15) is 0 Å². The third kappa shape index (κ3) is 4.18. The summed E-state index contributed by atoms with van der Waals surface area (Å²) in [6.07, 6.45) is 5.73. The summed E-state index contributed by atoms with van der Waals surface area (Å²) in [5.74, 6) is 0.559. The lowest BCUT2D eigenvalue weighted by Crippen LogP contribution is -2.41. The van der Waals surface area contributed by atoms with Gasteiger partial charge >= 0.3 is 6.03 Å². The van der Waals surface area contributed by atoms with Crippen LogP contribution in [0.1, 0.15) is 12.8 Å². The van der Waals surface area contributed by atoms with Gasteiger partial charge in [0, 0.05) is 37.7 Å². The van der Waals surface area contributed by atoms with Crippen molar-refractivity contribution in [3.05, 3.63) is 46.7 Å². The minimum absolute atomic E-state index is 0.0964. The standard InChI is InChI=1S/C16H18Cl2N4O/c17-14-3-2-13(10-15(14)18)20-16(23)21-8-4-12(5-9-21)11-22-7-1-6-19-22/h1-3,6-7,10,12H,4-5,8-9,11H2,(H,20,23). The quantitative estimate of drug-likeness (QED) is 0.902. The fourth-order valence-corrected chi connectivity index (χ4v) is 3.07. The van der Waals surface area contributed by atoms with Crippen LogP contribution in [0, 0.1) is 5.92 Å². The van der Waals surface area contributed by atoms with Crippen molar-refractivity contribution >= 4 is 34.9 Å². The Balaban J connectivity index is 1.50. The van der Waals surface area contributed by atoms with Gasteiger partial charge in [-0.3, -0.25) is 4.68 Å². The van der Waals surface area contributed by atoms with Gasteiger partial charge in [-0.05, 0) is 43.0 Å². The Kier molecular flexibility index (Phi) is 5.08. The molecule has 0 saturated carbocycles. The molecule has 2 aromatic rings. The highest BCUT2D eigenvalue weighted by molar-refractivity contribution is 6.42. The van der Waals surface area contributed by atoms with Crippen molar-refractivity contribution in [2.75, 3.05) is 18.4 Å². The van der Waals surface area contributed by atoms with Crippen LogP contribution in [0.4, 0.5) is 10.5 Å². The Hall–Kier alpha value is -1.72. The number of aromatic nitrogens is 2. The number of nitrogens with zero attached hydrogens (tertiary/aromatic N) is 3. The van der Waals surface area contributed by atoms with Gasteiger partial charge in [0.25, 0.3) is 0 Å². The molecule has 1 aliphatic rings. The molecule has 3 rings (SSSR count). The number of rotatable bonds is 3. The summed E-state index contributed by atoms with van der Waals surface area (Å²) in [4.78, 5) is 14.1. The molecule has 7 heteroatoms. The lowest BCUT2D eigenvalue weighted by molar-refractivity contribution is 0.175. The third-order valence-corrected chi connectivity index (χ3v) is 4.82. The Morgan fingerprint density at radius 3 is 2.70 bits per heavy atom. The second-order valence-electron chi connectivity index (χ2n) is 5.72. The predicted molar refractivity (Wildman–Crippen MR) is 92.0 cm³/mol. The number of anilines is 1. The zero-order valence-corrected chi connectivity index (χ0v) is 14.1. The average Bonchev–Trinajstić information content (AvgIpc) is 3.04. The van der Waals surface area contributed by atoms with E-state index in [1.807, 2.05) is 21.8 Å². The van der Waals surface area contributed by atoms with Crippen LogP contribution in [-0.4, -0.2) is 33.8 Å². The fourth-order valence-electron chi connectivity index (χ4n) is 2.77. The second-order valence-corrected chi connectivity index (χ2v) is 6.53. The monoisotopic (exact) mass is 352 g/mol. The van der Waals surface area contributed by atoms with E-state index in [1.54, 1.807) is 24.4 Å². The first-order valence-corrected chi connectivity index (χ1v) is 8.36. The molecule has 1 aromatic heterocycles. The summed E-state index contributed by atoms with van der Waals surface area (Å²) >= 11 is 11.8. The molecule has 1 N–H and O–H groups in total. The minimum Gasteiger partial charge on any atom is -0.325 e. The normalized spacial score (nSPS) is 15.7. The van der Waals surface area contributed by atoms with Crippen molar-refractivity contribution in [2.24, 2.45) is 5.92 Å². The van der Waals surface area contributed by atoms with E-state index in [0.717, 1.165) is 32.5 Å². The summed E-state index contributed by atoms with van der Waals surface area (Å²) < 4.78 is 1.95. The van der Waals surface area contributed by atoms with E-state index in [-0.39, 0.29) is 6.03 Å². The maximum atomic E-state index is 12.3. The van der Waals surface area contributed by atoms with Gasteiger partial charge in [-0.1, -0.05) is 23.2 Å². The van der Waals surface area contributed by atoms with Crippen molar-refractivity contribution in [1.82, 2.24) is 14.7 Å². The number of amides is 2. The fraction of sp³-hybridized carbons (Fsp3) is 0.375. The van der Waals surface area contributed by atoms with E-state index < -0.39 is 0 Å². The summed E-state index contributed by atoms with van der Waals surface area (Å²) in [7, 11) is 0. The first-order chi connectivity index (χ1) is 11.1. The number of carbonyl (C=O) groups is 1. The van der Waals surface area contributed by atoms with E-state index in [1.165, 1.54) is 0 Å². The summed E-state index contributed by atoms with van der Waals surface area (Å²) in [6, 6.07) is 6.92. The number of halogens is 2. The molecule has 2 amide bonds. The maximum absolute atomic E-state index is 12.3. The van der Waals surface area contributed by atoms with E-state index >= 15 is 0 Å². The van der Waals surface area contributed by atoms with E-state index in [4.69, 9.17) is 23.2 Å². The number of hydrogen-bond acceptors (Lipinski definition) is 2. The highest BCUT2D eigenvalue weighted by Crippen LogP contribution is 2.25. The number of likely N-dealkylation sites (tertiary alicyclic amines) is 1. The lowest BCUT2D eigenvalue weighted by atomic mass is 9.97. The van der Waals surface area contributed by atoms with Crippen molar-refractivity contribution in [1.29, 1.82) is 0 Å². The molecule has 0 radical (unpaired) electrons. The number of nitrogens with one attached hydrogen (secondary N) is 1. The van der Waals surface area contributed by atoms with Crippen LogP contribution in [0.5, 0.6) is 0 Å². The topological polar surface area (TPSA) is 50.2 Å². The molecule has 122 valence electrons. The van der Waals surface area contributed by atoms with Crippen LogP contribution in [0.2, 0.25) is 10.0 Å². The predicted octanol–water partition coefficient (Wildman–Crippen LogP) is 4.13. The van der Waals surface area contributed by atoms with Crippen LogP contribution in [0.25, 0.3) is 0 Å². The zero-order chi connectivity index (χ0) is 16.2. The molecule has 1 saturated heterocycles. The number of hydrogen-bond donors (Lipinski definition) is 1. The molecule has 1 aromatic carbocycles. The SMILES string of the molecule is O=C(Nc1ccc(Cl)c(Cl)c1)N1CCC(Cn2cccn2)CC1. The molecule has 0 bridgehead atoms. The maximum Gasteiger partial charge on any atom is 0.321 e. The van der Waals surface area contributed by atoms with Gasteiger partial charge in [-0.15, -0.1) is 0 Å². The molecule has 0 spiro atoms. The number of carbonyl (C=O) groups excluding carboxylic acids is 1. The van der Waals surface area contributed by atoms with Gasteiger partial charge < -0.3 is 10.2 Å². The van der Waals surface area contributed by atoms with Crippen LogP contribution in [0.15, 0.2) is 36.7 Å². The van der Waals surface area contributed by atoms with E-state index in [0.29, 0.717) is 21.7 Å². The van der Waals surface area contributed by atoms with Gasteiger partial charge in [0.15, 0.2) is 0 Å². The highest BCUT2D eigenvalue weighted by atomic mass is 35.5. The molecular weight excluding hydrogens is 335 g/mol. The Labute approximate surface area is 145 Å². The second kappa shape index (κ2) is 7.23. The van der Waals surface area contributed by atoms with Crippen molar-refractivity contribution < 1.29 is 4.79 Å². The smallest absolute Gasteiger partial charge is 0.321 e. The summed E-state index contributed by atoms with van der Waals surface area (Å²) in [5.41, 5.74) is 0.656. The molecule has 2 heterocycles. The van der Waals surface area contributed by atoms with Gasteiger partial charge in [-0.25, -0.2) is 4.79 Å². The van der Waals surface area contributed by atoms with Crippen molar-refractivity contribution in [2.45, 2.75) is 19.4 Å². The summed E-state index contributed by atoms with van der Waals surface area (Å²) in [6.45, 7) is 2.41. The molecule has 1 aliphatic heterocycles. The van der Waals surface area contributed by atoms with Gasteiger partial charge in [0.2, 0.25) is 0 Å². The molecule has 0 aliphatic carbocycles. The number of urea groups is 1. The largest absolute Gasteiger partial charge is 0.325 e. The lowest BCUT2D eigenvalue weighted by Gasteiger charge is -2.32. The van der Waals surface area contributed by atoms with E-state index in [9.17, 15) is 4.79 Å². The molecule has 0 atom stereocenters. The molecule has 23 heavy (non-hydrogen) atoms. The summed E-state index contributed by atoms with van der Waals surface area (Å²) in [5, 5.41) is 8.01. The molecular formula is C16H18Cl2N4O.